The number of piperidine rings is 1. The molecule has 9 heteroatoms. The van der Waals surface area contributed by atoms with E-state index in [4.69, 9.17) is 18.9 Å². The number of nitrogens with one attached hydrogen (secondary N) is 2. The molecule has 0 spiro atoms. The molecule has 2 fully saturated rings. The molecule has 2 heterocycles. The third kappa shape index (κ3) is 5.88. The van der Waals surface area contributed by atoms with Crippen LogP contribution in [0.3, 0.4) is 0 Å². The van der Waals surface area contributed by atoms with Crippen molar-refractivity contribution in [2.75, 3.05) is 32.6 Å². The van der Waals surface area contributed by atoms with Gasteiger partial charge in [0.15, 0.2) is 17.6 Å². The lowest BCUT2D eigenvalue weighted by molar-refractivity contribution is 0.0596. The van der Waals surface area contributed by atoms with Gasteiger partial charge in [0.05, 0.1) is 31.5 Å². The Morgan fingerprint density at radius 1 is 1.00 bits per heavy atom. The molecule has 1 saturated carbocycles. The van der Waals surface area contributed by atoms with Crippen molar-refractivity contribution >= 4 is 22.7 Å². The normalized spacial score (nSPS) is 18.8. The molecule has 1 aromatic heterocycles. The topological polar surface area (TPSA) is 104 Å². The van der Waals surface area contributed by atoms with Gasteiger partial charge in [0, 0.05) is 29.6 Å². The van der Waals surface area contributed by atoms with Crippen molar-refractivity contribution in [3.8, 4) is 17.2 Å². The molecule has 1 aliphatic carbocycles. The minimum Gasteiger partial charge on any atom is -0.493 e. The first kappa shape index (κ1) is 25.1. The summed E-state index contributed by atoms with van der Waals surface area (Å²) in [5.74, 6) is 2.02. The average molecular weight is 507 g/mol. The van der Waals surface area contributed by atoms with Gasteiger partial charge in [0.25, 0.3) is 0 Å². The highest BCUT2D eigenvalue weighted by molar-refractivity contribution is 5.87. The zero-order chi connectivity index (χ0) is 25.6. The van der Waals surface area contributed by atoms with Gasteiger partial charge in [-0.25, -0.2) is 14.8 Å². The molecule has 2 N–H and O–H groups in total. The van der Waals surface area contributed by atoms with Crippen LogP contribution in [0.15, 0.2) is 42.7 Å². The first-order valence-corrected chi connectivity index (χ1v) is 13.0. The summed E-state index contributed by atoms with van der Waals surface area (Å²) in [6, 6.07) is 11.1. The summed E-state index contributed by atoms with van der Waals surface area (Å²) in [5, 5.41) is 7.05. The standard InChI is InChI=1S/C28H34N4O5/c1-34-24-14-22-23(15-25(24)35-2)30-17-31-26(22)27(18-6-5-13-29-16-18)37-28(33)32-19-9-11-21(12-10-19)36-20-7-3-4-8-20/h9-12,14-15,17-18,20,27,29H,3-8,13,16H2,1-2H3,(H,32,33). The fraction of sp³-hybridized carbons (Fsp3) is 0.464. The van der Waals surface area contributed by atoms with Crippen LogP contribution in [0.4, 0.5) is 10.5 Å². The zero-order valence-corrected chi connectivity index (χ0v) is 21.4. The molecule has 37 heavy (non-hydrogen) atoms. The lowest BCUT2D eigenvalue weighted by atomic mass is 9.90. The summed E-state index contributed by atoms with van der Waals surface area (Å²) in [6.45, 7) is 1.67. The average Bonchev–Trinajstić information content (AvgIpc) is 3.45. The summed E-state index contributed by atoms with van der Waals surface area (Å²) >= 11 is 0. The highest BCUT2D eigenvalue weighted by Gasteiger charge is 2.31. The van der Waals surface area contributed by atoms with Crippen LogP contribution < -0.4 is 24.8 Å². The fourth-order valence-corrected chi connectivity index (χ4v) is 5.22. The number of amides is 1. The van der Waals surface area contributed by atoms with Crippen molar-refractivity contribution < 1.29 is 23.7 Å². The van der Waals surface area contributed by atoms with Crippen LogP contribution in [-0.4, -0.2) is 49.5 Å². The molecule has 0 radical (unpaired) electrons. The van der Waals surface area contributed by atoms with Crippen LogP contribution in [0.2, 0.25) is 0 Å². The number of fused-ring (bicyclic) bond motifs is 1. The van der Waals surface area contributed by atoms with Crippen molar-refractivity contribution in [2.24, 2.45) is 5.92 Å². The van der Waals surface area contributed by atoms with Crippen molar-refractivity contribution in [3.05, 3.63) is 48.4 Å². The molecule has 5 rings (SSSR count). The molecule has 2 atom stereocenters. The molecule has 2 unspecified atom stereocenters. The van der Waals surface area contributed by atoms with Gasteiger partial charge in [-0.15, -0.1) is 0 Å². The summed E-state index contributed by atoms with van der Waals surface area (Å²) in [4.78, 5) is 22.1. The molecule has 2 aliphatic rings. The second kappa shape index (κ2) is 11.6. The predicted octanol–water partition coefficient (Wildman–Crippen LogP) is 5.26. The van der Waals surface area contributed by atoms with E-state index in [-0.39, 0.29) is 12.0 Å². The number of nitrogens with zero attached hydrogens (tertiary/aromatic N) is 2. The van der Waals surface area contributed by atoms with Crippen LogP contribution in [0.1, 0.15) is 50.3 Å². The van der Waals surface area contributed by atoms with E-state index in [2.05, 4.69) is 20.6 Å². The molecule has 1 amide bonds. The highest BCUT2D eigenvalue weighted by atomic mass is 16.6. The van der Waals surface area contributed by atoms with Gasteiger partial charge < -0.3 is 24.3 Å². The maximum absolute atomic E-state index is 13.1. The van der Waals surface area contributed by atoms with Crippen LogP contribution in [-0.2, 0) is 4.74 Å². The summed E-state index contributed by atoms with van der Waals surface area (Å²) < 4.78 is 23.1. The molecule has 196 valence electrons. The van der Waals surface area contributed by atoms with Gasteiger partial charge in [0.2, 0.25) is 0 Å². The highest BCUT2D eigenvalue weighted by Crippen LogP contribution is 2.38. The number of carbonyl (C=O) groups is 1. The number of hydrogen-bond donors (Lipinski definition) is 2. The van der Waals surface area contributed by atoms with E-state index in [9.17, 15) is 4.79 Å². The molecule has 2 aromatic carbocycles. The zero-order valence-electron chi connectivity index (χ0n) is 21.4. The van der Waals surface area contributed by atoms with Crippen LogP contribution in [0, 0.1) is 5.92 Å². The van der Waals surface area contributed by atoms with Gasteiger partial charge in [0.1, 0.15) is 12.1 Å². The maximum atomic E-state index is 13.1. The van der Waals surface area contributed by atoms with E-state index >= 15 is 0 Å². The Hall–Kier alpha value is -3.59. The van der Waals surface area contributed by atoms with E-state index in [1.54, 1.807) is 14.2 Å². The fourth-order valence-electron chi connectivity index (χ4n) is 5.22. The Kier molecular flexibility index (Phi) is 7.89. The van der Waals surface area contributed by atoms with Gasteiger partial charge in [-0.05, 0) is 75.4 Å². The van der Waals surface area contributed by atoms with Gasteiger partial charge >= 0.3 is 6.09 Å². The number of hydrogen-bond acceptors (Lipinski definition) is 8. The van der Waals surface area contributed by atoms with E-state index in [1.165, 1.54) is 19.2 Å². The van der Waals surface area contributed by atoms with Crippen LogP contribution in [0.5, 0.6) is 17.2 Å². The Balaban J connectivity index is 1.36. The van der Waals surface area contributed by atoms with Crippen molar-refractivity contribution in [3.63, 3.8) is 0 Å². The molecule has 1 aliphatic heterocycles. The number of benzene rings is 2. The first-order valence-electron chi connectivity index (χ1n) is 13.0. The van der Waals surface area contributed by atoms with Crippen molar-refractivity contribution in [1.82, 2.24) is 15.3 Å². The molecule has 1 saturated heterocycles. The minimum atomic E-state index is -0.568. The second-order valence-corrected chi connectivity index (χ2v) is 9.59. The number of rotatable bonds is 8. The number of anilines is 1. The van der Waals surface area contributed by atoms with Gasteiger partial charge in [-0.3, -0.25) is 5.32 Å². The number of ether oxygens (including phenoxy) is 4. The van der Waals surface area contributed by atoms with Gasteiger partial charge in [-0.2, -0.15) is 0 Å². The second-order valence-electron chi connectivity index (χ2n) is 9.59. The van der Waals surface area contributed by atoms with E-state index in [0.29, 0.717) is 28.4 Å². The lowest BCUT2D eigenvalue weighted by Crippen LogP contribution is -2.36. The van der Waals surface area contributed by atoms with Crippen LogP contribution in [0.25, 0.3) is 10.9 Å². The Labute approximate surface area is 216 Å². The maximum Gasteiger partial charge on any atom is 0.412 e. The predicted molar refractivity (Wildman–Crippen MR) is 140 cm³/mol. The molecule has 0 bridgehead atoms. The van der Waals surface area contributed by atoms with E-state index in [0.717, 1.165) is 49.9 Å². The summed E-state index contributed by atoms with van der Waals surface area (Å²) in [6.07, 6.45) is 7.22. The Morgan fingerprint density at radius 3 is 2.46 bits per heavy atom. The van der Waals surface area contributed by atoms with E-state index in [1.807, 2.05) is 36.4 Å². The third-order valence-electron chi connectivity index (χ3n) is 7.14. The first-order chi connectivity index (χ1) is 18.1. The minimum absolute atomic E-state index is 0.0629. The molecular formula is C28H34N4O5. The summed E-state index contributed by atoms with van der Waals surface area (Å²) in [5.41, 5.74) is 1.98. The molecule has 9 nitrogen and oxygen atoms in total. The SMILES string of the molecule is COc1cc2ncnc(C(OC(=O)Nc3ccc(OC4CCCC4)cc3)C3CCCNC3)c2cc1OC. The summed E-state index contributed by atoms with van der Waals surface area (Å²) in [7, 11) is 3.17. The Bertz CT molecular complexity index is 1210. The smallest absolute Gasteiger partial charge is 0.412 e. The Morgan fingerprint density at radius 2 is 1.76 bits per heavy atom. The van der Waals surface area contributed by atoms with Crippen LogP contribution >= 0.6 is 0 Å². The third-order valence-corrected chi connectivity index (χ3v) is 7.14. The molecular weight excluding hydrogens is 472 g/mol. The number of carbonyl (C=O) groups excluding carboxylic acids is 1. The van der Waals surface area contributed by atoms with E-state index < -0.39 is 12.2 Å². The lowest BCUT2D eigenvalue weighted by Gasteiger charge is -2.30. The largest absolute Gasteiger partial charge is 0.493 e. The van der Waals surface area contributed by atoms with Gasteiger partial charge in [-0.1, -0.05) is 0 Å². The van der Waals surface area contributed by atoms with Crippen molar-refractivity contribution in [1.29, 1.82) is 0 Å². The number of aromatic nitrogens is 2. The monoisotopic (exact) mass is 506 g/mol. The number of methoxy groups -OCH3 is 2. The quantitative estimate of drug-likeness (QED) is 0.427. The molecule has 3 aromatic rings. The van der Waals surface area contributed by atoms with Crippen molar-refractivity contribution in [2.45, 2.75) is 50.7 Å².